The fourth-order valence-electron chi connectivity index (χ4n) is 1.64. The molecule has 1 aliphatic heterocycles. The van der Waals surface area contributed by atoms with E-state index in [4.69, 9.17) is 9.90 Å². The number of nitrogens with zero attached hydrogens (tertiary/aromatic N) is 1. The van der Waals surface area contributed by atoms with Gasteiger partial charge in [-0.05, 0) is 25.0 Å². The van der Waals surface area contributed by atoms with Gasteiger partial charge in [0.05, 0.1) is 0 Å². The molecule has 0 spiro atoms. The first-order valence-electron chi connectivity index (χ1n) is 6.22. The summed E-state index contributed by atoms with van der Waals surface area (Å²) in [7, 11) is 0. The molecule has 0 aliphatic carbocycles. The van der Waals surface area contributed by atoms with E-state index < -0.39 is 12.1 Å². The van der Waals surface area contributed by atoms with E-state index in [9.17, 15) is 18.0 Å². The molecule has 0 unspecified atom stereocenters. The largest absolute Gasteiger partial charge is 0.490 e. The summed E-state index contributed by atoms with van der Waals surface area (Å²) in [4.78, 5) is 22.4. The van der Waals surface area contributed by atoms with E-state index in [-0.39, 0.29) is 6.03 Å². The van der Waals surface area contributed by atoms with Crippen LogP contribution < -0.4 is 5.32 Å². The summed E-state index contributed by atoms with van der Waals surface area (Å²) in [6.45, 7) is 1.78. The van der Waals surface area contributed by atoms with Crippen molar-refractivity contribution < 1.29 is 27.9 Å². The molecule has 0 aromatic heterocycles. The highest BCUT2D eigenvalue weighted by Crippen LogP contribution is 2.13. The number of amides is 2. The van der Waals surface area contributed by atoms with Crippen molar-refractivity contribution in [1.82, 2.24) is 4.90 Å². The Hall–Kier alpha value is -2.25. The van der Waals surface area contributed by atoms with Crippen LogP contribution in [-0.2, 0) is 4.79 Å². The van der Waals surface area contributed by atoms with Crippen LogP contribution in [0, 0.1) is 0 Å². The van der Waals surface area contributed by atoms with Crippen LogP contribution >= 0.6 is 0 Å². The van der Waals surface area contributed by atoms with Crippen LogP contribution in [0.25, 0.3) is 0 Å². The maximum Gasteiger partial charge on any atom is 0.490 e. The second kappa shape index (κ2) is 7.51. The summed E-state index contributed by atoms with van der Waals surface area (Å²) in [5.74, 6) is -2.76. The molecule has 1 saturated heterocycles. The molecule has 8 heteroatoms. The predicted molar refractivity (Wildman–Crippen MR) is 70.0 cm³/mol. The molecule has 0 saturated carbocycles. The standard InChI is InChI=1S/C11H14N2O.C2HF3O2/c14-11(13-8-4-5-9-13)12-10-6-2-1-3-7-10;3-2(4,5)1(6)7/h1-3,6-7H,4-5,8-9H2,(H,12,14);(H,6,7). The number of hydrogen-bond donors (Lipinski definition) is 2. The van der Waals surface area contributed by atoms with E-state index >= 15 is 0 Å². The van der Waals surface area contributed by atoms with Gasteiger partial charge in [-0.15, -0.1) is 0 Å². The number of carboxylic acids is 1. The van der Waals surface area contributed by atoms with E-state index in [0.717, 1.165) is 31.6 Å². The normalized spacial score (nSPS) is 14.1. The van der Waals surface area contributed by atoms with Crippen LogP contribution in [0.1, 0.15) is 12.8 Å². The fourth-order valence-corrected chi connectivity index (χ4v) is 1.64. The molecule has 2 rings (SSSR count). The second-order valence-corrected chi connectivity index (χ2v) is 4.29. The summed E-state index contributed by atoms with van der Waals surface area (Å²) in [5.41, 5.74) is 0.865. The molecule has 1 fully saturated rings. The summed E-state index contributed by atoms with van der Waals surface area (Å²) >= 11 is 0. The average Bonchev–Trinajstić information content (AvgIpc) is 2.93. The molecule has 0 bridgehead atoms. The summed E-state index contributed by atoms with van der Waals surface area (Å²) in [6.07, 6.45) is -2.83. The van der Waals surface area contributed by atoms with Crippen molar-refractivity contribution in [2.24, 2.45) is 0 Å². The number of nitrogens with one attached hydrogen (secondary N) is 1. The van der Waals surface area contributed by atoms with Gasteiger partial charge in [0.1, 0.15) is 0 Å². The highest BCUT2D eigenvalue weighted by Gasteiger charge is 2.38. The fraction of sp³-hybridized carbons (Fsp3) is 0.385. The Morgan fingerprint density at radius 2 is 1.57 bits per heavy atom. The Balaban J connectivity index is 0.000000270. The zero-order valence-corrected chi connectivity index (χ0v) is 11.1. The highest BCUT2D eigenvalue weighted by molar-refractivity contribution is 5.89. The molecule has 1 aromatic carbocycles. The van der Waals surface area contributed by atoms with Crippen LogP contribution in [0.3, 0.4) is 0 Å². The topological polar surface area (TPSA) is 69.6 Å². The van der Waals surface area contributed by atoms with Crippen molar-refractivity contribution in [3.63, 3.8) is 0 Å². The molecule has 116 valence electrons. The first-order chi connectivity index (χ1) is 9.80. The Morgan fingerprint density at radius 1 is 1.10 bits per heavy atom. The van der Waals surface area contributed by atoms with Crippen molar-refractivity contribution in [3.8, 4) is 0 Å². The number of alkyl halides is 3. The lowest BCUT2D eigenvalue weighted by molar-refractivity contribution is -0.192. The van der Waals surface area contributed by atoms with Crippen LogP contribution in [-0.4, -0.2) is 41.3 Å². The van der Waals surface area contributed by atoms with Crippen LogP contribution in [0.5, 0.6) is 0 Å². The highest BCUT2D eigenvalue weighted by atomic mass is 19.4. The van der Waals surface area contributed by atoms with Crippen molar-refractivity contribution in [2.45, 2.75) is 19.0 Å². The van der Waals surface area contributed by atoms with Crippen molar-refractivity contribution >= 4 is 17.7 Å². The van der Waals surface area contributed by atoms with Crippen LogP contribution in [0.2, 0.25) is 0 Å². The number of carbonyl (C=O) groups excluding carboxylic acids is 1. The third-order valence-corrected chi connectivity index (χ3v) is 2.66. The van der Waals surface area contributed by atoms with Crippen molar-refractivity contribution in [1.29, 1.82) is 0 Å². The molecule has 21 heavy (non-hydrogen) atoms. The quantitative estimate of drug-likeness (QED) is 0.838. The third kappa shape index (κ3) is 6.15. The number of rotatable bonds is 1. The first-order valence-corrected chi connectivity index (χ1v) is 6.22. The molecule has 2 amide bonds. The SMILES string of the molecule is O=C(Nc1ccccc1)N1CCCC1.O=C(O)C(F)(F)F. The van der Waals surface area contributed by atoms with E-state index in [1.54, 1.807) is 0 Å². The Labute approximate surface area is 119 Å². The number of hydrogen-bond acceptors (Lipinski definition) is 2. The number of carbonyl (C=O) groups is 2. The number of urea groups is 1. The van der Waals surface area contributed by atoms with Gasteiger partial charge in [-0.25, -0.2) is 9.59 Å². The summed E-state index contributed by atoms with van der Waals surface area (Å²) in [5, 5.41) is 10.00. The van der Waals surface area contributed by atoms with Crippen molar-refractivity contribution in [2.75, 3.05) is 18.4 Å². The Kier molecular flexibility index (Phi) is 6.01. The maximum absolute atomic E-state index is 11.6. The summed E-state index contributed by atoms with van der Waals surface area (Å²) in [6, 6.07) is 9.58. The molecular formula is C13H15F3N2O3. The Bertz CT molecular complexity index is 471. The smallest absolute Gasteiger partial charge is 0.475 e. The van der Waals surface area contributed by atoms with Gasteiger partial charge in [-0.1, -0.05) is 18.2 Å². The monoisotopic (exact) mass is 304 g/mol. The van der Waals surface area contributed by atoms with Gasteiger partial charge in [0.15, 0.2) is 0 Å². The van der Waals surface area contributed by atoms with Gasteiger partial charge in [0.2, 0.25) is 0 Å². The maximum atomic E-state index is 11.6. The number of halogens is 3. The van der Waals surface area contributed by atoms with Crippen molar-refractivity contribution in [3.05, 3.63) is 30.3 Å². The number of carboxylic acid groups (broad SMARTS) is 1. The van der Waals surface area contributed by atoms with E-state index in [1.165, 1.54) is 0 Å². The van der Waals surface area contributed by atoms with Gasteiger partial charge in [0.25, 0.3) is 0 Å². The molecular weight excluding hydrogens is 289 g/mol. The number of para-hydroxylation sites is 1. The summed E-state index contributed by atoms with van der Waals surface area (Å²) < 4.78 is 31.7. The van der Waals surface area contributed by atoms with Gasteiger partial charge in [-0.3, -0.25) is 0 Å². The molecule has 0 radical (unpaired) electrons. The molecule has 0 atom stereocenters. The minimum atomic E-state index is -5.08. The average molecular weight is 304 g/mol. The molecule has 2 N–H and O–H groups in total. The van der Waals surface area contributed by atoms with Crippen LogP contribution in [0.15, 0.2) is 30.3 Å². The number of anilines is 1. The molecule has 5 nitrogen and oxygen atoms in total. The lowest BCUT2D eigenvalue weighted by Gasteiger charge is -2.15. The van der Waals surface area contributed by atoms with E-state index in [1.807, 2.05) is 35.2 Å². The zero-order chi connectivity index (χ0) is 15.9. The number of benzene rings is 1. The number of aliphatic carboxylic acids is 1. The van der Waals surface area contributed by atoms with Gasteiger partial charge < -0.3 is 15.3 Å². The predicted octanol–water partition coefficient (Wildman–Crippen LogP) is 2.95. The first kappa shape index (κ1) is 16.8. The van der Waals surface area contributed by atoms with Gasteiger partial charge in [0, 0.05) is 18.8 Å². The Morgan fingerprint density at radius 3 is 2.00 bits per heavy atom. The minimum absolute atomic E-state index is 0.0219. The minimum Gasteiger partial charge on any atom is -0.475 e. The third-order valence-electron chi connectivity index (χ3n) is 2.66. The number of likely N-dealkylation sites (tertiary alicyclic amines) is 1. The van der Waals surface area contributed by atoms with Gasteiger partial charge >= 0.3 is 18.2 Å². The van der Waals surface area contributed by atoms with E-state index in [2.05, 4.69) is 5.32 Å². The molecule has 1 aliphatic rings. The zero-order valence-electron chi connectivity index (χ0n) is 11.1. The molecule has 1 heterocycles. The second-order valence-electron chi connectivity index (χ2n) is 4.29. The van der Waals surface area contributed by atoms with Crippen LogP contribution in [0.4, 0.5) is 23.7 Å². The lowest BCUT2D eigenvalue weighted by Crippen LogP contribution is -2.32. The van der Waals surface area contributed by atoms with Gasteiger partial charge in [-0.2, -0.15) is 13.2 Å². The van der Waals surface area contributed by atoms with E-state index in [0.29, 0.717) is 0 Å². The lowest BCUT2D eigenvalue weighted by atomic mass is 10.3. The molecule has 1 aromatic rings.